The predicted molar refractivity (Wildman–Crippen MR) is 102 cm³/mol. The number of benzene rings is 1. The first-order valence-corrected chi connectivity index (χ1v) is 8.53. The molecule has 2 amide bonds. The molecule has 26 heavy (non-hydrogen) atoms. The topological polar surface area (TPSA) is 96.9 Å². The van der Waals surface area contributed by atoms with Crippen LogP contribution < -0.4 is 15.4 Å². The van der Waals surface area contributed by atoms with Gasteiger partial charge in [-0.2, -0.15) is 0 Å². The summed E-state index contributed by atoms with van der Waals surface area (Å²) in [6.07, 6.45) is 0.473. The number of carbonyl (C=O) groups is 2. The highest BCUT2D eigenvalue weighted by Gasteiger charge is 2.38. The van der Waals surface area contributed by atoms with E-state index in [1.165, 1.54) is 20.3 Å². The maximum atomic E-state index is 12.7. The van der Waals surface area contributed by atoms with Gasteiger partial charge in [-0.1, -0.05) is 46.8 Å². The van der Waals surface area contributed by atoms with Gasteiger partial charge in [-0.25, -0.2) is 4.79 Å². The SMILES string of the molecule is C=CC[C@@H](NC(=O)O)C(=O)NC(CC(=C)Br)(OC)c1ccccc1OC. The Kier molecular flexibility index (Phi) is 8.34. The first kappa shape index (κ1) is 21.7. The van der Waals surface area contributed by atoms with E-state index in [1.54, 1.807) is 24.3 Å². The zero-order chi connectivity index (χ0) is 19.7. The van der Waals surface area contributed by atoms with Gasteiger partial charge in [0, 0.05) is 19.1 Å². The highest BCUT2D eigenvalue weighted by Crippen LogP contribution is 2.36. The Morgan fingerprint density at radius 1 is 1.38 bits per heavy atom. The van der Waals surface area contributed by atoms with Crippen LogP contribution in [0.5, 0.6) is 5.75 Å². The number of hydrogen-bond acceptors (Lipinski definition) is 4. The van der Waals surface area contributed by atoms with Crippen molar-refractivity contribution in [1.29, 1.82) is 0 Å². The molecule has 0 saturated heterocycles. The van der Waals surface area contributed by atoms with E-state index in [0.29, 0.717) is 15.8 Å². The fourth-order valence-electron chi connectivity index (χ4n) is 2.52. The average Bonchev–Trinajstić information content (AvgIpc) is 2.59. The van der Waals surface area contributed by atoms with Crippen molar-refractivity contribution in [2.24, 2.45) is 0 Å². The second kappa shape index (κ2) is 9.98. The van der Waals surface area contributed by atoms with Crippen LogP contribution in [-0.4, -0.2) is 37.4 Å². The molecule has 7 nitrogen and oxygen atoms in total. The molecule has 1 rings (SSSR count). The summed E-state index contributed by atoms with van der Waals surface area (Å²) in [4.78, 5) is 23.7. The highest BCUT2D eigenvalue weighted by atomic mass is 79.9. The number of hydrogen-bond donors (Lipinski definition) is 3. The maximum Gasteiger partial charge on any atom is 0.405 e. The third-order valence-electron chi connectivity index (χ3n) is 3.67. The Morgan fingerprint density at radius 3 is 2.54 bits per heavy atom. The first-order valence-electron chi connectivity index (χ1n) is 7.74. The van der Waals surface area contributed by atoms with Gasteiger partial charge in [-0.15, -0.1) is 6.58 Å². The van der Waals surface area contributed by atoms with Crippen molar-refractivity contribution in [1.82, 2.24) is 10.6 Å². The van der Waals surface area contributed by atoms with Crippen LogP contribution in [0, 0.1) is 0 Å². The summed E-state index contributed by atoms with van der Waals surface area (Å²) >= 11 is 3.30. The average molecular weight is 427 g/mol. The summed E-state index contributed by atoms with van der Waals surface area (Å²) < 4.78 is 11.6. The highest BCUT2D eigenvalue weighted by molar-refractivity contribution is 9.11. The minimum atomic E-state index is -1.31. The number of para-hydroxylation sites is 1. The van der Waals surface area contributed by atoms with Crippen molar-refractivity contribution >= 4 is 27.9 Å². The van der Waals surface area contributed by atoms with E-state index in [9.17, 15) is 9.59 Å². The van der Waals surface area contributed by atoms with Crippen LogP contribution in [0.2, 0.25) is 0 Å². The summed E-state index contributed by atoms with van der Waals surface area (Å²) in [5.74, 6) is -0.0522. The largest absolute Gasteiger partial charge is 0.496 e. The second-order valence-corrected chi connectivity index (χ2v) is 6.56. The number of nitrogens with one attached hydrogen (secondary N) is 2. The quantitative estimate of drug-likeness (QED) is 0.394. The number of ether oxygens (including phenoxy) is 2. The van der Waals surface area contributed by atoms with E-state index >= 15 is 0 Å². The van der Waals surface area contributed by atoms with E-state index in [-0.39, 0.29) is 12.8 Å². The van der Waals surface area contributed by atoms with Gasteiger partial charge in [0.15, 0.2) is 5.72 Å². The lowest BCUT2D eigenvalue weighted by Gasteiger charge is -2.36. The van der Waals surface area contributed by atoms with Gasteiger partial charge >= 0.3 is 6.09 Å². The molecule has 0 spiro atoms. The van der Waals surface area contributed by atoms with Crippen molar-refractivity contribution < 1.29 is 24.2 Å². The van der Waals surface area contributed by atoms with E-state index < -0.39 is 23.8 Å². The molecule has 142 valence electrons. The van der Waals surface area contributed by atoms with Crippen LogP contribution in [0.4, 0.5) is 4.79 Å². The van der Waals surface area contributed by atoms with Crippen LogP contribution >= 0.6 is 15.9 Å². The zero-order valence-corrected chi connectivity index (χ0v) is 16.3. The van der Waals surface area contributed by atoms with E-state index in [0.717, 1.165) is 0 Å². The van der Waals surface area contributed by atoms with Crippen LogP contribution in [0.25, 0.3) is 0 Å². The third kappa shape index (κ3) is 5.60. The third-order valence-corrected chi connectivity index (χ3v) is 3.95. The Hall–Kier alpha value is -2.32. The molecule has 0 aliphatic carbocycles. The van der Waals surface area contributed by atoms with Gasteiger partial charge in [0.1, 0.15) is 11.8 Å². The molecule has 0 aliphatic heterocycles. The number of halogens is 1. The smallest absolute Gasteiger partial charge is 0.405 e. The second-order valence-electron chi connectivity index (χ2n) is 5.44. The van der Waals surface area contributed by atoms with E-state index in [4.69, 9.17) is 14.6 Å². The number of rotatable bonds is 10. The fraction of sp³-hybridized carbons (Fsp3) is 0.333. The van der Waals surface area contributed by atoms with Crippen molar-refractivity contribution in [2.45, 2.75) is 24.6 Å². The Bertz CT molecular complexity index is 679. The van der Waals surface area contributed by atoms with Crippen LogP contribution in [0.3, 0.4) is 0 Å². The van der Waals surface area contributed by atoms with Crippen molar-refractivity contribution in [3.63, 3.8) is 0 Å². The van der Waals surface area contributed by atoms with Crippen LogP contribution in [0.15, 0.2) is 48.0 Å². The van der Waals surface area contributed by atoms with Crippen molar-refractivity contribution in [3.8, 4) is 5.75 Å². The predicted octanol–water partition coefficient (Wildman–Crippen LogP) is 3.12. The lowest BCUT2D eigenvalue weighted by molar-refractivity contribution is -0.134. The van der Waals surface area contributed by atoms with Gasteiger partial charge in [-0.3, -0.25) is 4.79 Å². The van der Waals surface area contributed by atoms with Gasteiger partial charge in [-0.05, 0) is 17.0 Å². The van der Waals surface area contributed by atoms with Crippen molar-refractivity contribution in [3.05, 3.63) is 53.5 Å². The number of carbonyl (C=O) groups excluding carboxylic acids is 1. The minimum Gasteiger partial charge on any atom is -0.496 e. The molecule has 0 aromatic heterocycles. The summed E-state index contributed by atoms with van der Waals surface area (Å²) in [5.41, 5.74) is -0.726. The molecule has 1 aromatic rings. The van der Waals surface area contributed by atoms with Crippen LogP contribution in [-0.2, 0) is 15.3 Å². The number of methoxy groups -OCH3 is 2. The molecule has 0 saturated carbocycles. The fourth-order valence-corrected chi connectivity index (χ4v) is 2.92. The normalized spacial score (nSPS) is 13.8. The van der Waals surface area contributed by atoms with Gasteiger partial charge < -0.3 is 25.2 Å². The lowest BCUT2D eigenvalue weighted by atomic mass is 9.96. The minimum absolute atomic E-state index is 0.124. The first-order chi connectivity index (χ1) is 12.3. The summed E-state index contributed by atoms with van der Waals surface area (Å²) in [5, 5.41) is 13.9. The molecule has 0 bridgehead atoms. The van der Waals surface area contributed by atoms with Crippen molar-refractivity contribution in [2.75, 3.05) is 14.2 Å². The zero-order valence-electron chi connectivity index (χ0n) is 14.8. The van der Waals surface area contributed by atoms with Gasteiger partial charge in [0.05, 0.1) is 7.11 Å². The summed E-state index contributed by atoms with van der Waals surface area (Å²) in [6, 6.07) is 6.05. The molecule has 3 N–H and O–H groups in total. The van der Waals surface area contributed by atoms with E-state index in [1.807, 2.05) is 0 Å². The van der Waals surface area contributed by atoms with Gasteiger partial charge in [0.2, 0.25) is 5.91 Å². The summed E-state index contributed by atoms with van der Waals surface area (Å²) in [6.45, 7) is 7.38. The molecule has 2 atom stereocenters. The molecular formula is C18H23BrN2O5. The molecule has 0 heterocycles. The molecular weight excluding hydrogens is 404 g/mol. The molecule has 1 aromatic carbocycles. The lowest BCUT2D eigenvalue weighted by Crippen LogP contribution is -2.54. The van der Waals surface area contributed by atoms with E-state index in [2.05, 4.69) is 39.7 Å². The van der Waals surface area contributed by atoms with Crippen LogP contribution in [0.1, 0.15) is 18.4 Å². The standard InChI is InChI=1S/C18H23BrN2O5/c1-5-8-14(20-17(23)24)16(22)21-18(26-4,11-12(2)19)13-9-6-7-10-15(13)25-3/h5-7,9-10,14,20H,1-2,8,11H2,3-4H3,(H,21,22)(H,23,24)/t14-,18?/m1/s1. The molecule has 0 aliphatic rings. The Labute approximate surface area is 161 Å². The Morgan fingerprint density at radius 2 is 2.04 bits per heavy atom. The maximum absolute atomic E-state index is 12.7. The number of amides is 2. The summed E-state index contributed by atoms with van der Waals surface area (Å²) in [7, 11) is 2.95. The Balaban J connectivity index is 3.32. The number of carboxylic acid groups (broad SMARTS) is 1. The molecule has 0 radical (unpaired) electrons. The monoisotopic (exact) mass is 426 g/mol. The molecule has 1 unspecified atom stereocenters. The van der Waals surface area contributed by atoms with Gasteiger partial charge in [0.25, 0.3) is 0 Å². The molecule has 0 fully saturated rings. The molecule has 8 heteroatoms.